The molecule has 4 rings (SSSR count). The van der Waals surface area contributed by atoms with Crippen LogP contribution in [0.5, 0.6) is 0 Å². The summed E-state index contributed by atoms with van der Waals surface area (Å²) in [5.41, 5.74) is 3.18. The van der Waals surface area contributed by atoms with Gasteiger partial charge in [-0.1, -0.05) is 23.9 Å². The zero-order valence-electron chi connectivity index (χ0n) is 15.3. The van der Waals surface area contributed by atoms with Crippen molar-refractivity contribution in [1.29, 1.82) is 0 Å². The van der Waals surface area contributed by atoms with Crippen LogP contribution in [0, 0.1) is 0 Å². The van der Waals surface area contributed by atoms with Gasteiger partial charge in [-0.25, -0.2) is 4.98 Å². The Morgan fingerprint density at radius 2 is 1.78 bits per heavy atom. The summed E-state index contributed by atoms with van der Waals surface area (Å²) < 4.78 is 7.02. The van der Waals surface area contributed by atoms with Crippen LogP contribution in [0.15, 0.2) is 58.2 Å². The molecule has 0 fully saturated rings. The molecule has 0 atom stereocenters. The van der Waals surface area contributed by atoms with Crippen LogP contribution in [0.4, 0.5) is 5.69 Å². The van der Waals surface area contributed by atoms with Crippen LogP contribution >= 0.6 is 23.1 Å². The quantitative estimate of drug-likeness (QED) is 0.385. The molecule has 0 bridgehead atoms. The standard InChI is InChI=1S/C20H20N4OS2/c1-3-24(4-2)15-11-9-14(10-12-15)19-22-23-20(25-19)26-13-18-21-16-7-5-6-8-17(16)27-18/h5-12H,3-4,13H2,1-2H3. The lowest BCUT2D eigenvalue weighted by Crippen LogP contribution is -2.21. The molecule has 27 heavy (non-hydrogen) atoms. The average Bonchev–Trinajstić information content (AvgIpc) is 3.34. The number of benzene rings is 2. The highest BCUT2D eigenvalue weighted by Crippen LogP contribution is 2.30. The number of rotatable bonds is 7. The van der Waals surface area contributed by atoms with E-state index in [0.717, 1.165) is 34.9 Å². The van der Waals surface area contributed by atoms with E-state index in [9.17, 15) is 0 Å². The van der Waals surface area contributed by atoms with Crippen molar-refractivity contribution in [2.75, 3.05) is 18.0 Å². The monoisotopic (exact) mass is 396 g/mol. The van der Waals surface area contributed by atoms with E-state index in [0.29, 0.717) is 11.1 Å². The summed E-state index contributed by atoms with van der Waals surface area (Å²) in [5, 5.41) is 9.98. The molecule has 7 heteroatoms. The molecule has 2 aromatic heterocycles. The van der Waals surface area contributed by atoms with Gasteiger partial charge in [0.1, 0.15) is 5.01 Å². The van der Waals surface area contributed by atoms with Crippen molar-refractivity contribution in [3.63, 3.8) is 0 Å². The van der Waals surface area contributed by atoms with Gasteiger partial charge in [0.25, 0.3) is 5.22 Å². The maximum atomic E-state index is 5.82. The van der Waals surface area contributed by atoms with Crippen molar-refractivity contribution in [2.24, 2.45) is 0 Å². The average molecular weight is 397 g/mol. The molecule has 0 saturated heterocycles. The van der Waals surface area contributed by atoms with Crippen molar-refractivity contribution in [1.82, 2.24) is 15.2 Å². The molecular formula is C20H20N4OS2. The highest BCUT2D eigenvalue weighted by atomic mass is 32.2. The van der Waals surface area contributed by atoms with Crippen LogP contribution in [0.1, 0.15) is 18.9 Å². The lowest BCUT2D eigenvalue weighted by molar-refractivity contribution is 0.466. The number of hydrogen-bond donors (Lipinski definition) is 0. The van der Waals surface area contributed by atoms with E-state index in [1.165, 1.54) is 22.1 Å². The molecule has 0 N–H and O–H groups in total. The van der Waals surface area contributed by atoms with E-state index < -0.39 is 0 Å². The predicted octanol–water partition coefficient (Wildman–Crippen LogP) is 5.48. The number of thiazole rings is 1. The van der Waals surface area contributed by atoms with Gasteiger partial charge in [-0.2, -0.15) is 0 Å². The van der Waals surface area contributed by atoms with Crippen LogP contribution in [-0.4, -0.2) is 28.3 Å². The minimum Gasteiger partial charge on any atom is -0.411 e. The number of thioether (sulfide) groups is 1. The Labute approximate surface area is 166 Å². The Hall–Kier alpha value is -2.38. The Balaban J connectivity index is 1.43. The van der Waals surface area contributed by atoms with Crippen molar-refractivity contribution in [2.45, 2.75) is 24.8 Å². The van der Waals surface area contributed by atoms with E-state index in [4.69, 9.17) is 4.42 Å². The molecule has 0 amide bonds. The second-order valence-electron chi connectivity index (χ2n) is 5.96. The van der Waals surface area contributed by atoms with E-state index in [1.807, 2.05) is 30.3 Å². The summed E-state index contributed by atoms with van der Waals surface area (Å²) in [5.74, 6) is 1.27. The van der Waals surface area contributed by atoms with E-state index in [1.54, 1.807) is 11.3 Å². The first-order valence-electron chi connectivity index (χ1n) is 8.93. The number of nitrogens with zero attached hydrogens (tertiary/aromatic N) is 4. The topological polar surface area (TPSA) is 55.1 Å². The lowest BCUT2D eigenvalue weighted by Gasteiger charge is -2.20. The van der Waals surface area contributed by atoms with Gasteiger partial charge in [-0.05, 0) is 50.2 Å². The van der Waals surface area contributed by atoms with Gasteiger partial charge in [0, 0.05) is 24.3 Å². The highest BCUT2D eigenvalue weighted by Gasteiger charge is 2.11. The molecule has 0 radical (unpaired) electrons. The number of aromatic nitrogens is 3. The summed E-state index contributed by atoms with van der Waals surface area (Å²) in [4.78, 5) is 6.94. The Morgan fingerprint density at radius 1 is 1.00 bits per heavy atom. The van der Waals surface area contributed by atoms with Crippen LogP contribution in [0.2, 0.25) is 0 Å². The molecule has 0 aliphatic rings. The van der Waals surface area contributed by atoms with Gasteiger partial charge < -0.3 is 9.32 Å². The normalized spacial score (nSPS) is 11.2. The SMILES string of the molecule is CCN(CC)c1ccc(-c2nnc(SCc3nc4ccccc4s3)o2)cc1. The molecule has 0 aliphatic carbocycles. The number of fused-ring (bicyclic) bond motifs is 1. The van der Waals surface area contributed by atoms with Crippen LogP contribution in [0.3, 0.4) is 0 Å². The first kappa shape index (κ1) is 18.0. The summed E-state index contributed by atoms with van der Waals surface area (Å²) in [6, 6.07) is 16.4. The molecule has 5 nitrogen and oxygen atoms in total. The number of anilines is 1. The van der Waals surface area contributed by atoms with Gasteiger partial charge in [-0.3, -0.25) is 0 Å². The molecular weight excluding hydrogens is 376 g/mol. The molecule has 0 saturated carbocycles. The summed E-state index contributed by atoms with van der Waals surface area (Å²) in [6.07, 6.45) is 0. The number of hydrogen-bond acceptors (Lipinski definition) is 7. The molecule has 0 aliphatic heterocycles. The largest absolute Gasteiger partial charge is 0.411 e. The minimum absolute atomic E-state index is 0.549. The molecule has 4 aromatic rings. The maximum absolute atomic E-state index is 5.82. The third kappa shape index (κ3) is 3.99. The zero-order chi connectivity index (χ0) is 18.6. The van der Waals surface area contributed by atoms with Gasteiger partial charge in [0.15, 0.2) is 0 Å². The number of para-hydroxylation sites is 1. The maximum Gasteiger partial charge on any atom is 0.277 e. The minimum atomic E-state index is 0.549. The smallest absolute Gasteiger partial charge is 0.277 e. The summed E-state index contributed by atoms with van der Waals surface area (Å²) in [7, 11) is 0. The van der Waals surface area contributed by atoms with E-state index in [2.05, 4.69) is 52.1 Å². The molecule has 2 aromatic carbocycles. The van der Waals surface area contributed by atoms with Crippen LogP contribution in [-0.2, 0) is 5.75 Å². The first-order chi connectivity index (χ1) is 13.3. The van der Waals surface area contributed by atoms with Crippen molar-refractivity contribution in [3.05, 3.63) is 53.5 Å². The lowest BCUT2D eigenvalue weighted by atomic mass is 10.2. The van der Waals surface area contributed by atoms with E-state index >= 15 is 0 Å². The highest BCUT2D eigenvalue weighted by molar-refractivity contribution is 7.98. The van der Waals surface area contributed by atoms with Gasteiger partial charge in [0.05, 0.1) is 16.0 Å². The second kappa shape index (κ2) is 8.10. The molecule has 2 heterocycles. The third-order valence-electron chi connectivity index (χ3n) is 4.31. The Morgan fingerprint density at radius 3 is 2.52 bits per heavy atom. The Kier molecular flexibility index (Phi) is 5.40. The third-order valence-corrected chi connectivity index (χ3v) is 6.36. The fourth-order valence-corrected chi connectivity index (χ4v) is 4.62. The van der Waals surface area contributed by atoms with Crippen LogP contribution < -0.4 is 4.90 Å². The summed E-state index contributed by atoms with van der Waals surface area (Å²) in [6.45, 7) is 6.29. The summed E-state index contributed by atoms with van der Waals surface area (Å²) >= 11 is 3.22. The molecule has 0 spiro atoms. The first-order valence-corrected chi connectivity index (χ1v) is 10.7. The fraction of sp³-hybridized carbons (Fsp3) is 0.250. The van der Waals surface area contributed by atoms with Crippen molar-refractivity contribution in [3.8, 4) is 11.5 Å². The van der Waals surface area contributed by atoms with Crippen molar-refractivity contribution >= 4 is 39.0 Å². The second-order valence-corrected chi connectivity index (χ2v) is 8.00. The van der Waals surface area contributed by atoms with Crippen molar-refractivity contribution < 1.29 is 4.42 Å². The van der Waals surface area contributed by atoms with Gasteiger partial charge in [-0.15, -0.1) is 21.5 Å². The van der Waals surface area contributed by atoms with Gasteiger partial charge >= 0.3 is 0 Å². The zero-order valence-corrected chi connectivity index (χ0v) is 16.9. The van der Waals surface area contributed by atoms with Crippen LogP contribution in [0.25, 0.3) is 21.7 Å². The van der Waals surface area contributed by atoms with E-state index in [-0.39, 0.29) is 0 Å². The van der Waals surface area contributed by atoms with Gasteiger partial charge in [0.2, 0.25) is 5.89 Å². The molecule has 0 unspecified atom stereocenters. The molecule has 138 valence electrons. The fourth-order valence-electron chi connectivity index (χ4n) is 2.89. The predicted molar refractivity (Wildman–Crippen MR) is 112 cm³/mol. The Bertz CT molecular complexity index is 989.